The summed E-state index contributed by atoms with van der Waals surface area (Å²) >= 11 is 0. The van der Waals surface area contributed by atoms with Gasteiger partial charge >= 0.3 is 0 Å². The van der Waals surface area contributed by atoms with Gasteiger partial charge < -0.3 is 19.7 Å². The Morgan fingerprint density at radius 2 is 1.78 bits per heavy atom. The van der Waals surface area contributed by atoms with E-state index >= 15 is 0 Å². The summed E-state index contributed by atoms with van der Waals surface area (Å²) in [6.07, 6.45) is 15.4. The zero-order chi connectivity index (χ0) is 25.1. The van der Waals surface area contributed by atoms with Crippen LogP contribution in [-0.4, -0.2) is 63.0 Å². The molecule has 2 saturated heterocycles. The molecule has 36 heavy (non-hydrogen) atoms. The molecule has 4 nitrogen and oxygen atoms in total. The molecule has 2 aliphatic heterocycles. The molecule has 0 spiro atoms. The number of ether oxygens (including phenoxy) is 2. The summed E-state index contributed by atoms with van der Waals surface area (Å²) in [4.78, 5) is 2.66. The molecular formula is C32H56N2O2. The lowest BCUT2D eigenvalue weighted by atomic mass is 9.44. The van der Waals surface area contributed by atoms with Crippen LogP contribution in [0.1, 0.15) is 91.9 Å². The number of nitrogens with zero attached hydrogens (tertiary/aromatic N) is 1. The van der Waals surface area contributed by atoms with E-state index in [1.165, 1.54) is 83.8 Å². The van der Waals surface area contributed by atoms with E-state index in [0.717, 1.165) is 54.5 Å². The van der Waals surface area contributed by atoms with Gasteiger partial charge in [-0.1, -0.05) is 27.7 Å². The molecular weight excluding hydrogens is 444 g/mol. The van der Waals surface area contributed by atoms with Crippen LogP contribution in [-0.2, 0) is 9.47 Å². The van der Waals surface area contributed by atoms with Gasteiger partial charge in [-0.2, -0.15) is 0 Å². The van der Waals surface area contributed by atoms with Crippen molar-refractivity contribution in [2.75, 3.05) is 39.8 Å². The fourth-order valence-electron chi connectivity index (χ4n) is 11.3. The van der Waals surface area contributed by atoms with Crippen LogP contribution in [0.2, 0.25) is 0 Å². The van der Waals surface area contributed by atoms with Gasteiger partial charge in [-0.25, -0.2) is 0 Å². The quantitative estimate of drug-likeness (QED) is 0.485. The second-order valence-corrected chi connectivity index (χ2v) is 14.9. The van der Waals surface area contributed by atoms with Crippen LogP contribution >= 0.6 is 0 Å². The molecule has 0 aromatic heterocycles. The molecule has 6 fully saturated rings. The van der Waals surface area contributed by atoms with Gasteiger partial charge in [0.15, 0.2) is 0 Å². The Morgan fingerprint density at radius 1 is 1.00 bits per heavy atom. The van der Waals surface area contributed by atoms with Crippen molar-refractivity contribution in [2.24, 2.45) is 52.3 Å². The molecule has 0 radical (unpaired) electrons. The molecule has 0 aromatic rings. The Kier molecular flexibility index (Phi) is 7.32. The molecule has 4 aliphatic carbocycles. The smallest absolute Gasteiger partial charge is 0.0618 e. The summed E-state index contributed by atoms with van der Waals surface area (Å²) in [5.74, 6) is 6.00. The maximum Gasteiger partial charge on any atom is 0.0618 e. The maximum absolute atomic E-state index is 7.00. The van der Waals surface area contributed by atoms with Crippen LogP contribution in [0.3, 0.4) is 0 Å². The summed E-state index contributed by atoms with van der Waals surface area (Å²) in [6.45, 7) is 16.5. The Balaban J connectivity index is 1.08. The fourth-order valence-corrected chi connectivity index (χ4v) is 11.3. The molecule has 4 saturated carbocycles. The van der Waals surface area contributed by atoms with Gasteiger partial charge in [0.05, 0.1) is 18.3 Å². The van der Waals surface area contributed by atoms with Crippen LogP contribution < -0.4 is 5.32 Å². The minimum atomic E-state index is 0.499. The van der Waals surface area contributed by atoms with Crippen LogP contribution in [0.4, 0.5) is 0 Å². The summed E-state index contributed by atoms with van der Waals surface area (Å²) in [5, 5.41) is 3.49. The molecule has 0 bridgehead atoms. The van der Waals surface area contributed by atoms with Crippen molar-refractivity contribution in [2.45, 2.75) is 110 Å². The zero-order valence-electron chi connectivity index (χ0n) is 24.1. The van der Waals surface area contributed by atoms with Gasteiger partial charge in [-0.05, 0) is 116 Å². The highest BCUT2D eigenvalue weighted by Crippen LogP contribution is 2.70. The molecule has 6 rings (SSSR count). The number of methoxy groups -OCH3 is 1. The summed E-state index contributed by atoms with van der Waals surface area (Å²) in [7, 11) is 1.93. The van der Waals surface area contributed by atoms with Crippen molar-refractivity contribution < 1.29 is 9.47 Å². The van der Waals surface area contributed by atoms with Crippen molar-refractivity contribution >= 4 is 0 Å². The SMILES string of the molecule is CO[C@H]1CC[C@@]2(C)[C@H](CC[C@@H]3[C@@H]2CC[C@]2(C)[C@H]4[C@H](C)[C@@H](CC[C@@H](C)CN5CCNCC5)O[C@H]4C[C@@H]32)C1. The molecule has 12 atom stereocenters. The Hall–Kier alpha value is -0.160. The van der Waals surface area contributed by atoms with Crippen LogP contribution in [0.25, 0.3) is 0 Å². The van der Waals surface area contributed by atoms with Crippen molar-refractivity contribution in [3.05, 3.63) is 0 Å². The molecule has 1 N–H and O–H groups in total. The Morgan fingerprint density at radius 3 is 2.56 bits per heavy atom. The first-order valence-corrected chi connectivity index (χ1v) is 15.9. The fraction of sp³-hybridized carbons (Fsp3) is 1.00. The van der Waals surface area contributed by atoms with E-state index in [1.807, 2.05) is 7.11 Å². The average Bonchev–Trinajstić information content (AvgIpc) is 3.36. The first-order valence-electron chi connectivity index (χ1n) is 15.9. The zero-order valence-corrected chi connectivity index (χ0v) is 24.1. The van der Waals surface area contributed by atoms with Gasteiger partial charge in [0.25, 0.3) is 0 Å². The number of nitrogens with one attached hydrogen (secondary N) is 1. The highest BCUT2D eigenvalue weighted by atomic mass is 16.5. The van der Waals surface area contributed by atoms with E-state index in [0.29, 0.717) is 29.1 Å². The van der Waals surface area contributed by atoms with Crippen molar-refractivity contribution in [1.82, 2.24) is 10.2 Å². The highest BCUT2D eigenvalue weighted by Gasteiger charge is 2.65. The average molecular weight is 501 g/mol. The number of hydrogen-bond donors (Lipinski definition) is 1. The predicted molar refractivity (Wildman–Crippen MR) is 147 cm³/mol. The number of fused-ring (bicyclic) bond motifs is 7. The number of piperazine rings is 1. The van der Waals surface area contributed by atoms with E-state index in [4.69, 9.17) is 9.47 Å². The third kappa shape index (κ3) is 4.33. The van der Waals surface area contributed by atoms with E-state index < -0.39 is 0 Å². The first kappa shape index (κ1) is 26.1. The Labute approximate surface area is 222 Å². The summed E-state index contributed by atoms with van der Waals surface area (Å²) in [5.41, 5.74) is 1.08. The predicted octanol–water partition coefficient (Wildman–Crippen LogP) is 6.00. The largest absolute Gasteiger partial charge is 0.381 e. The minimum absolute atomic E-state index is 0.499. The topological polar surface area (TPSA) is 33.7 Å². The summed E-state index contributed by atoms with van der Waals surface area (Å²) in [6, 6.07) is 0. The van der Waals surface area contributed by atoms with Crippen molar-refractivity contribution in [1.29, 1.82) is 0 Å². The van der Waals surface area contributed by atoms with Gasteiger partial charge in [0.1, 0.15) is 0 Å². The molecule has 0 unspecified atom stereocenters. The van der Waals surface area contributed by atoms with E-state index in [9.17, 15) is 0 Å². The second kappa shape index (κ2) is 10.1. The van der Waals surface area contributed by atoms with Gasteiger partial charge in [0, 0.05) is 39.8 Å². The lowest BCUT2D eigenvalue weighted by Gasteiger charge is -2.61. The van der Waals surface area contributed by atoms with Gasteiger partial charge in [0.2, 0.25) is 0 Å². The number of hydrogen-bond acceptors (Lipinski definition) is 4. The highest BCUT2D eigenvalue weighted by molar-refractivity contribution is 5.14. The minimum Gasteiger partial charge on any atom is -0.381 e. The third-order valence-electron chi connectivity index (χ3n) is 13.3. The van der Waals surface area contributed by atoms with E-state index in [2.05, 4.69) is 37.9 Å². The van der Waals surface area contributed by atoms with E-state index in [1.54, 1.807) is 0 Å². The van der Waals surface area contributed by atoms with Gasteiger partial charge in [-0.15, -0.1) is 0 Å². The molecule has 6 aliphatic rings. The molecule has 0 aromatic carbocycles. The van der Waals surface area contributed by atoms with Crippen molar-refractivity contribution in [3.8, 4) is 0 Å². The Bertz CT molecular complexity index is 769. The monoisotopic (exact) mass is 500 g/mol. The summed E-state index contributed by atoms with van der Waals surface area (Å²) < 4.78 is 12.8. The maximum atomic E-state index is 7.00. The molecule has 2 heterocycles. The van der Waals surface area contributed by atoms with Crippen LogP contribution in [0, 0.1) is 52.3 Å². The van der Waals surface area contributed by atoms with Crippen LogP contribution in [0.5, 0.6) is 0 Å². The third-order valence-corrected chi connectivity index (χ3v) is 13.3. The number of rotatable bonds is 6. The molecule has 0 amide bonds. The van der Waals surface area contributed by atoms with E-state index in [-0.39, 0.29) is 0 Å². The molecule has 206 valence electrons. The lowest BCUT2D eigenvalue weighted by Crippen LogP contribution is -2.54. The first-order chi connectivity index (χ1) is 17.3. The van der Waals surface area contributed by atoms with Gasteiger partial charge in [-0.3, -0.25) is 0 Å². The second-order valence-electron chi connectivity index (χ2n) is 14.9. The standard InChI is InChI=1S/C32H56N2O2/c1-21(20-34-16-14-33-15-17-34)6-9-28-22(2)30-29(36-28)19-27-25-8-7-23-18-24(35-5)10-12-31(23,3)26(25)11-13-32(27,30)4/h21-30,33H,6-20H2,1-5H3/t21-,22-,23-,24+,25-,26+,27+,28-,29+,30+,31+,32+/m1/s1. The normalized spacial score (nSPS) is 51.8. The molecule has 4 heteroatoms. The van der Waals surface area contributed by atoms with Crippen molar-refractivity contribution in [3.63, 3.8) is 0 Å². The van der Waals surface area contributed by atoms with Crippen LogP contribution in [0.15, 0.2) is 0 Å². The lowest BCUT2D eigenvalue weighted by molar-refractivity contribution is -0.133.